The van der Waals surface area contributed by atoms with Crippen molar-refractivity contribution in [1.29, 1.82) is 0 Å². The van der Waals surface area contributed by atoms with Gasteiger partial charge in [-0.15, -0.1) is 11.8 Å². The van der Waals surface area contributed by atoms with E-state index in [0.717, 1.165) is 16.1 Å². The summed E-state index contributed by atoms with van der Waals surface area (Å²) in [7, 11) is 0. The second kappa shape index (κ2) is 11.5. The van der Waals surface area contributed by atoms with Crippen molar-refractivity contribution in [3.05, 3.63) is 22.7 Å². The van der Waals surface area contributed by atoms with E-state index in [4.69, 9.17) is 0 Å². The lowest BCUT2D eigenvalue weighted by atomic mass is 10.1. The lowest BCUT2D eigenvalue weighted by Crippen LogP contribution is -2.08. The van der Waals surface area contributed by atoms with Gasteiger partial charge in [0, 0.05) is 11.5 Å². The third kappa shape index (κ3) is 9.27. The highest BCUT2D eigenvalue weighted by Crippen LogP contribution is 2.16. The Labute approximate surface area is 128 Å². The topological polar surface area (TPSA) is 45.8 Å². The van der Waals surface area contributed by atoms with Crippen LogP contribution in [-0.2, 0) is 0 Å². The minimum atomic E-state index is -0.256. The average Bonchev–Trinajstić information content (AvgIpc) is 2.41. The molecule has 1 heterocycles. The molecule has 0 radical (unpaired) electrons. The number of thioether (sulfide) groups is 1. The first-order valence-electron chi connectivity index (χ1n) is 7.07. The summed E-state index contributed by atoms with van der Waals surface area (Å²) in [6, 6.07) is 1.86. The summed E-state index contributed by atoms with van der Waals surface area (Å²) in [4.78, 5) is 17.3. The van der Waals surface area contributed by atoms with E-state index in [1.165, 1.54) is 51.4 Å². The standard InChI is InChI=1S/C14H23BrN2OS/c15-10-7-5-3-1-2-4-6-8-12-19-13-9-11-16-14(18)17-13/h9,11H,1-8,10,12H2,(H,16,17,18). The molecule has 0 spiro atoms. The fraction of sp³-hybridized carbons (Fsp3) is 0.714. The van der Waals surface area contributed by atoms with Gasteiger partial charge in [0.25, 0.3) is 0 Å². The van der Waals surface area contributed by atoms with Gasteiger partial charge in [-0.05, 0) is 24.7 Å². The monoisotopic (exact) mass is 346 g/mol. The van der Waals surface area contributed by atoms with Crippen LogP contribution < -0.4 is 5.69 Å². The molecule has 0 aliphatic carbocycles. The summed E-state index contributed by atoms with van der Waals surface area (Å²) in [5.74, 6) is 1.07. The van der Waals surface area contributed by atoms with E-state index in [1.54, 1.807) is 18.0 Å². The Hall–Kier alpha value is -0.290. The zero-order valence-corrected chi connectivity index (χ0v) is 13.8. The summed E-state index contributed by atoms with van der Waals surface area (Å²) in [6.07, 6.45) is 12.2. The number of aromatic amines is 1. The molecular formula is C14H23BrN2OS. The Morgan fingerprint density at radius 1 is 1.05 bits per heavy atom. The summed E-state index contributed by atoms with van der Waals surface area (Å²) in [5.41, 5.74) is -0.256. The Bertz CT molecular complexity index is 384. The largest absolute Gasteiger partial charge is 0.345 e. The molecule has 3 nitrogen and oxygen atoms in total. The number of rotatable bonds is 11. The van der Waals surface area contributed by atoms with Crippen molar-refractivity contribution in [2.45, 2.75) is 56.4 Å². The molecule has 1 N–H and O–H groups in total. The molecule has 1 aromatic rings. The number of nitrogens with one attached hydrogen (secondary N) is 1. The predicted molar refractivity (Wildman–Crippen MR) is 86.3 cm³/mol. The smallest absolute Gasteiger partial charge is 0.300 e. The van der Waals surface area contributed by atoms with Gasteiger partial charge in [0.15, 0.2) is 0 Å². The third-order valence-electron chi connectivity index (χ3n) is 2.93. The van der Waals surface area contributed by atoms with Crippen molar-refractivity contribution < 1.29 is 0 Å². The van der Waals surface area contributed by atoms with E-state index in [2.05, 4.69) is 25.9 Å². The van der Waals surface area contributed by atoms with Crippen molar-refractivity contribution in [2.24, 2.45) is 0 Å². The molecule has 108 valence electrons. The summed E-state index contributed by atoms with van der Waals surface area (Å²) < 4.78 is 0. The molecule has 0 saturated heterocycles. The van der Waals surface area contributed by atoms with E-state index in [-0.39, 0.29) is 5.69 Å². The second-order valence-electron chi connectivity index (χ2n) is 4.61. The number of hydrogen-bond donors (Lipinski definition) is 1. The first kappa shape index (κ1) is 16.8. The van der Waals surface area contributed by atoms with Gasteiger partial charge in [-0.25, -0.2) is 9.78 Å². The maximum Gasteiger partial charge on any atom is 0.345 e. The van der Waals surface area contributed by atoms with E-state index in [0.29, 0.717) is 0 Å². The molecule has 5 heteroatoms. The maximum absolute atomic E-state index is 11.0. The Kier molecular flexibility index (Phi) is 10.2. The van der Waals surface area contributed by atoms with Crippen molar-refractivity contribution in [2.75, 3.05) is 11.1 Å². The van der Waals surface area contributed by atoms with Crippen LogP contribution in [0.5, 0.6) is 0 Å². The van der Waals surface area contributed by atoms with Crippen molar-refractivity contribution in [1.82, 2.24) is 9.97 Å². The quantitative estimate of drug-likeness (QED) is 0.280. The zero-order chi connectivity index (χ0) is 13.8. The van der Waals surface area contributed by atoms with E-state index < -0.39 is 0 Å². The number of halogens is 1. The molecule has 0 aliphatic rings. The zero-order valence-electron chi connectivity index (χ0n) is 11.4. The maximum atomic E-state index is 11.0. The molecular weight excluding hydrogens is 324 g/mol. The highest BCUT2D eigenvalue weighted by atomic mass is 79.9. The number of nitrogens with zero attached hydrogens (tertiary/aromatic N) is 1. The summed E-state index contributed by atoms with van der Waals surface area (Å²) in [6.45, 7) is 0. The molecule has 0 bridgehead atoms. The Morgan fingerprint density at radius 2 is 1.68 bits per heavy atom. The van der Waals surface area contributed by atoms with Crippen molar-refractivity contribution in [3.8, 4) is 0 Å². The number of hydrogen-bond acceptors (Lipinski definition) is 3. The highest BCUT2D eigenvalue weighted by molar-refractivity contribution is 9.09. The van der Waals surface area contributed by atoms with Crippen LogP contribution in [0.2, 0.25) is 0 Å². The van der Waals surface area contributed by atoms with Crippen LogP contribution in [0, 0.1) is 0 Å². The Morgan fingerprint density at radius 3 is 2.32 bits per heavy atom. The van der Waals surface area contributed by atoms with Crippen LogP contribution in [-0.4, -0.2) is 21.1 Å². The lowest BCUT2D eigenvalue weighted by molar-refractivity contribution is 0.588. The Balaban J connectivity index is 1.90. The van der Waals surface area contributed by atoms with Gasteiger partial charge in [0.1, 0.15) is 0 Å². The third-order valence-corrected chi connectivity index (χ3v) is 4.54. The molecule has 0 saturated carbocycles. The normalized spacial score (nSPS) is 10.8. The molecule has 0 fully saturated rings. The minimum absolute atomic E-state index is 0.256. The molecule has 0 unspecified atom stereocenters. The molecule has 1 aromatic heterocycles. The number of aromatic nitrogens is 2. The van der Waals surface area contributed by atoms with Crippen molar-refractivity contribution >= 4 is 27.7 Å². The average molecular weight is 347 g/mol. The van der Waals surface area contributed by atoms with Crippen LogP contribution in [0.15, 0.2) is 22.1 Å². The minimum Gasteiger partial charge on any atom is -0.300 e. The van der Waals surface area contributed by atoms with Gasteiger partial charge in [-0.2, -0.15) is 0 Å². The first-order chi connectivity index (χ1) is 9.33. The number of unbranched alkanes of at least 4 members (excludes halogenated alkanes) is 7. The van der Waals surface area contributed by atoms with Gasteiger partial charge < -0.3 is 4.98 Å². The number of alkyl halides is 1. The lowest BCUT2D eigenvalue weighted by Gasteiger charge is -2.02. The number of H-pyrrole nitrogens is 1. The molecule has 19 heavy (non-hydrogen) atoms. The molecule has 0 atom stereocenters. The van der Waals surface area contributed by atoms with Crippen LogP contribution in [0.1, 0.15) is 51.4 Å². The molecule has 0 aliphatic heterocycles. The van der Waals surface area contributed by atoms with Crippen LogP contribution in [0.25, 0.3) is 0 Å². The second-order valence-corrected chi connectivity index (χ2v) is 6.53. The van der Waals surface area contributed by atoms with E-state index in [1.807, 2.05) is 6.07 Å². The SMILES string of the molecule is O=c1nccc(SCCCCCCCCCCBr)[nH]1. The van der Waals surface area contributed by atoms with Crippen LogP contribution >= 0.6 is 27.7 Å². The van der Waals surface area contributed by atoms with Crippen LogP contribution in [0.3, 0.4) is 0 Å². The van der Waals surface area contributed by atoms with E-state index in [9.17, 15) is 4.79 Å². The fourth-order valence-electron chi connectivity index (χ4n) is 1.88. The fourth-order valence-corrected chi connectivity index (χ4v) is 3.16. The van der Waals surface area contributed by atoms with Gasteiger partial charge in [0.2, 0.25) is 0 Å². The highest BCUT2D eigenvalue weighted by Gasteiger charge is 1.96. The summed E-state index contributed by atoms with van der Waals surface area (Å²) >= 11 is 5.16. The van der Waals surface area contributed by atoms with Gasteiger partial charge >= 0.3 is 5.69 Å². The summed E-state index contributed by atoms with van der Waals surface area (Å²) in [5, 5.41) is 2.07. The predicted octanol–water partition coefficient (Wildman–Crippen LogP) is 4.38. The molecule has 0 amide bonds. The van der Waals surface area contributed by atoms with Gasteiger partial charge in [-0.1, -0.05) is 54.5 Å². The molecule has 1 rings (SSSR count). The van der Waals surface area contributed by atoms with Gasteiger partial charge in [-0.3, -0.25) is 0 Å². The van der Waals surface area contributed by atoms with Crippen molar-refractivity contribution in [3.63, 3.8) is 0 Å². The first-order valence-corrected chi connectivity index (χ1v) is 9.18. The molecule has 0 aromatic carbocycles. The van der Waals surface area contributed by atoms with Crippen LogP contribution in [0.4, 0.5) is 0 Å². The van der Waals surface area contributed by atoms with Gasteiger partial charge in [0.05, 0.1) is 5.03 Å². The van der Waals surface area contributed by atoms with E-state index >= 15 is 0 Å².